The fourth-order valence-corrected chi connectivity index (χ4v) is 1.16. The van der Waals surface area contributed by atoms with Gasteiger partial charge >= 0.3 is 17.9 Å². The van der Waals surface area contributed by atoms with Crippen LogP contribution in [0.1, 0.15) is 33.6 Å². The van der Waals surface area contributed by atoms with Crippen molar-refractivity contribution >= 4 is 17.9 Å². The van der Waals surface area contributed by atoms with E-state index in [0.29, 0.717) is 0 Å². The number of carboxylic acid groups (broad SMARTS) is 2. The molecule has 0 amide bonds. The highest BCUT2D eigenvalue weighted by Crippen LogP contribution is 2.07. The van der Waals surface area contributed by atoms with Gasteiger partial charge in [-0.15, -0.1) is 0 Å². The molecule has 0 aliphatic rings. The molecule has 0 aromatic carbocycles. The number of esters is 1. The average molecular weight is 261 g/mol. The number of hydrogen-bond acceptors (Lipinski definition) is 5. The molecule has 0 saturated heterocycles. The molecule has 0 aliphatic carbocycles. The molecule has 0 aromatic heterocycles. The molecule has 0 unspecified atom stereocenters. The van der Waals surface area contributed by atoms with Gasteiger partial charge in [-0.3, -0.25) is 14.4 Å². The topological polar surface area (TPSA) is 113 Å². The van der Waals surface area contributed by atoms with Crippen molar-refractivity contribution in [2.24, 2.45) is 0 Å². The van der Waals surface area contributed by atoms with E-state index in [2.05, 4.69) is 5.32 Å². The van der Waals surface area contributed by atoms with Crippen LogP contribution >= 0.6 is 0 Å². The molecule has 3 N–H and O–H groups in total. The third-order valence-electron chi connectivity index (χ3n) is 1.82. The van der Waals surface area contributed by atoms with Gasteiger partial charge in [0.2, 0.25) is 0 Å². The molecular formula is C11H19NO6. The largest absolute Gasteiger partial charge is 0.481 e. The maximum Gasteiger partial charge on any atom is 0.321 e. The van der Waals surface area contributed by atoms with Crippen LogP contribution in [0.3, 0.4) is 0 Å². The molecule has 0 fully saturated rings. The third kappa shape index (κ3) is 8.51. The SMILES string of the molecule is CC(C)(C)OC(=O)CCN[C@@H](CC(=O)O)C(=O)O. The highest BCUT2D eigenvalue weighted by molar-refractivity contribution is 5.80. The minimum absolute atomic E-state index is 0.0132. The molecule has 1 atom stereocenters. The second-order valence-electron chi connectivity index (χ2n) is 4.78. The first kappa shape index (κ1) is 16.4. The van der Waals surface area contributed by atoms with Crippen LogP contribution in [-0.2, 0) is 19.1 Å². The lowest BCUT2D eigenvalue weighted by Gasteiger charge is -2.19. The van der Waals surface area contributed by atoms with Gasteiger partial charge in [-0.25, -0.2) is 0 Å². The molecule has 7 nitrogen and oxygen atoms in total. The lowest BCUT2D eigenvalue weighted by molar-refractivity contribution is -0.155. The van der Waals surface area contributed by atoms with Crippen molar-refractivity contribution in [3.63, 3.8) is 0 Å². The Labute approximate surface area is 105 Å². The zero-order valence-electron chi connectivity index (χ0n) is 10.7. The molecule has 0 aromatic rings. The Morgan fingerprint density at radius 3 is 2.17 bits per heavy atom. The first-order chi connectivity index (χ1) is 8.11. The monoisotopic (exact) mass is 261 g/mol. The highest BCUT2D eigenvalue weighted by atomic mass is 16.6. The lowest BCUT2D eigenvalue weighted by Crippen LogP contribution is -2.40. The summed E-state index contributed by atoms with van der Waals surface area (Å²) in [6.07, 6.45) is -0.551. The second kappa shape index (κ2) is 6.95. The number of aliphatic carboxylic acids is 2. The molecule has 0 radical (unpaired) electrons. The van der Waals surface area contributed by atoms with E-state index in [4.69, 9.17) is 14.9 Å². The summed E-state index contributed by atoms with van der Waals surface area (Å²) < 4.78 is 5.02. The number of carboxylic acids is 2. The van der Waals surface area contributed by atoms with Crippen molar-refractivity contribution in [1.29, 1.82) is 0 Å². The second-order valence-corrected chi connectivity index (χ2v) is 4.78. The van der Waals surface area contributed by atoms with E-state index in [1.807, 2.05) is 0 Å². The van der Waals surface area contributed by atoms with Gasteiger partial charge in [0.05, 0.1) is 12.8 Å². The minimum atomic E-state index is -1.26. The fraction of sp³-hybridized carbons (Fsp3) is 0.727. The smallest absolute Gasteiger partial charge is 0.321 e. The van der Waals surface area contributed by atoms with Gasteiger partial charge in [-0.2, -0.15) is 0 Å². The molecule has 0 aliphatic heterocycles. The van der Waals surface area contributed by atoms with E-state index in [1.165, 1.54) is 0 Å². The van der Waals surface area contributed by atoms with E-state index >= 15 is 0 Å². The Bertz CT molecular complexity index is 320. The third-order valence-corrected chi connectivity index (χ3v) is 1.82. The number of hydrogen-bond donors (Lipinski definition) is 3. The molecule has 0 heterocycles. The van der Waals surface area contributed by atoms with E-state index in [1.54, 1.807) is 20.8 Å². The zero-order valence-corrected chi connectivity index (χ0v) is 10.7. The summed E-state index contributed by atoms with van der Waals surface area (Å²) in [5.74, 6) is -2.94. The zero-order chi connectivity index (χ0) is 14.3. The van der Waals surface area contributed by atoms with Crippen LogP contribution in [0, 0.1) is 0 Å². The normalized spacial score (nSPS) is 12.8. The molecule has 0 rings (SSSR count). The van der Waals surface area contributed by atoms with E-state index in [-0.39, 0.29) is 13.0 Å². The number of carbonyl (C=O) groups is 3. The van der Waals surface area contributed by atoms with Gasteiger partial charge in [0, 0.05) is 6.54 Å². The molecule has 0 bridgehead atoms. The fourth-order valence-electron chi connectivity index (χ4n) is 1.16. The van der Waals surface area contributed by atoms with Crippen LogP contribution in [0.15, 0.2) is 0 Å². The van der Waals surface area contributed by atoms with Gasteiger partial charge in [0.1, 0.15) is 11.6 Å². The summed E-state index contributed by atoms with van der Waals surface area (Å²) in [7, 11) is 0. The molecule has 0 spiro atoms. The van der Waals surface area contributed by atoms with Crippen molar-refractivity contribution in [3.05, 3.63) is 0 Å². The number of ether oxygens (including phenoxy) is 1. The summed E-state index contributed by atoms with van der Waals surface area (Å²) in [6.45, 7) is 5.23. The predicted molar refractivity (Wildman–Crippen MR) is 62.1 cm³/mol. The summed E-state index contributed by atoms with van der Waals surface area (Å²) >= 11 is 0. The van der Waals surface area contributed by atoms with Crippen molar-refractivity contribution in [3.8, 4) is 0 Å². The standard InChI is InChI=1S/C11H19NO6/c1-11(2,3)18-9(15)4-5-12-7(10(16)17)6-8(13)14/h7,12H,4-6H2,1-3H3,(H,13,14)(H,16,17)/t7-/m0/s1. The molecule has 0 saturated carbocycles. The quantitative estimate of drug-likeness (QED) is 0.562. The Morgan fingerprint density at radius 2 is 1.78 bits per heavy atom. The van der Waals surface area contributed by atoms with Gasteiger partial charge in [-0.1, -0.05) is 0 Å². The van der Waals surface area contributed by atoms with Crippen LogP contribution in [0.5, 0.6) is 0 Å². The summed E-state index contributed by atoms with van der Waals surface area (Å²) in [5, 5.41) is 19.7. The first-order valence-corrected chi connectivity index (χ1v) is 5.51. The van der Waals surface area contributed by atoms with Crippen LogP contribution in [0.2, 0.25) is 0 Å². The predicted octanol–water partition coefficient (Wildman–Crippen LogP) is 0.236. The van der Waals surface area contributed by atoms with Crippen LogP contribution in [0.25, 0.3) is 0 Å². The average Bonchev–Trinajstić information content (AvgIpc) is 2.12. The number of nitrogens with one attached hydrogen (secondary N) is 1. The Kier molecular flexibility index (Phi) is 6.32. The van der Waals surface area contributed by atoms with Crippen LogP contribution < -0.4 is 5.32 Å². The van der Waals surface area contributed by atoms with Gasteiger partial charge in [0.25, 0.3) is 0 Å². The number of carbonyl (C=O) groups excluding carboxylic acids is 1. The van der Waals surface area contributed by atoms with Crippen molar-refractivity contribution < 1.29 is 29.3 Å². The van der Waals surface area contributed by atoms with Gasteiger partial charge < -0.3 is 20.3 Å². The van der Waals surface area contributed by atoms with E-state index in [0.717, 1.165) is 0 Å². The molecular weight excluding hydrogens is 242 g/mol. The van der Waals surface area contributed by atoms with Crippen LogP contribution in [0.4, 0.5) is 0 Å². The highest BCUT2D eigenvalue weighted by Gasteiger charge is 2.21. The summed E-state index contributed by atoms with van der Waals surface area (Å²) in [5.41, 5.74) is -0.593. The van der Waals surface area contributed by atoms with Crippen molar-refractivity contribution in [1.82, 2.24) is 5.32 Å². The Hall–Kier alpha value is -1.63. The lowest BCUT2D eigenvalue weighted by atomic mass is 10.2. The first-order valence-electron chi connectivity index (χ1n) is 5.51. The van der Waals surface area contributed by atoms with Crippen LogP contribution in [-0.4, -0.2) is 46.3 Å². The Balaban J connectivity index is 4.03. The summed E-state index contributed by atoms with van der Waals surface area (Å²) in [4.78, 5) is 32.4. The van der Waals surface area contributed by atoms with E-state index < -0.39 is 36.0 Å². The molecule has 104 valence electrons. The Morgan fingerprint density at radius 1 is 1.22 bits per heavy atom. The number of rotatable bonds is 7. The maximum absolute atomic E-state index is 11.3. The summed E-state index contributed by atoms with van der Waals surface area (Å²) in [6, 6.07) is -1.20. The van der Waals surface area contributed by atoms with E-state index in [9.17, 15) is 14.4 Å². The molecule has 18 heavy (non-hydrogen) atoms. The molecule has 7 heteroatoms. The van der Waals surface area contributed by atoms with Crippen molar-refractivity contribution in [2.75, 3.05) is 6.54 Å². The van der Waals surface area contributed by atoms with Crippen molar-refractivity contribution in [2.45, 2.75) is 45.3 Å². The van der Waals surface area contributed by atoms with Gasteiger partial charge in [0.15, 0.2) is 0 Å². The van der Waals surface area contributed by atoms with Gasteiger partial charge in [-0.05, 0) is 20.8 Å². The minimum Gasteiger partial charge on any atom is -0.481 e. The maximum atomic E-state index is 11.3.